The summed E-state index contributed by atoms with van der Waals surface area (Å²) in [6.45, 7) is 5.35. The fourth-order valence-electron chi connectivity index (χ4n) is 3.38. The number of piperidine rings is 1. The zero-order chi connectivity index (χ0) is 16.9. The van der Waals surface area contributed by atoms with E-state index in [1.54, 1.807) is 0 Å². The SMILES string of the molecule is Cc1cccc(OCC(=O)N2CCCC(N3CCNCC3=O)C2)c1.Cl. The van der Waals surface area contributed by atoms with Crippen molar-refractivity contribution in [3.05, 3.63) is 29.8 Å². The molecule has 1 aromatic carbocycles. The lowest BCUT2D eigenvalue weighted by molar-refractivity contribution is -0.141. The minimum atomic E-state index is -0.0104. The molecule has 2 saturated heterocycles. The van der Waals surface area contributed by atoms with Gasteiger partial charge in [0, 0.05) is 32.2 Å². The van der Waals surface area contributed by atoms with E-state index in [1.165, 1.54) is 0 Å². The third-order valence-corrected chi connectivity index (χ3v) is 4.67. The van der Waals surface area contributed by atoms with E-state index in [-0.39, 0.29) is 36.9 Å². The third-order valence-electron chi connectivity index (χ3n) is 4.67. The van der Waals surface area contributed by atoms with Crippen LogP contribution in [0.4, 0.5) is 0 Å². The summed E-state index contributed by atoms with van der Waals surface area (Å²) in [4.78, 5) is 28.3. The first-order valence-corrected chi connectivity index (χ1v) is 8.61. The highest BCUT2D eigenvalue weighted by atomic mass is 35.5. The normalized spacial score (nSPS) is 20.8. The van der Waals surface area contributed by atoms with Crippen LogP contribution < -0.4 is 10.1 Å². The predicted octanol–water partition coefficient (Wildman–Crippen LogP) is 1.22. The lowest BCUT2D eigenvalue weighted by Gasteiger charge is -2.41. The standard InChI is InChI=1S/C18H25N3O3.ClH/c1-14-4-2-6-16(10-14)24-13-18(23)20-8-3-5-15(12-20)21-9-7-19-11-17(21)22;/h2,4,6,10,15,19H,3,5,7-9,11-13H2,1H3;1H. The van der Waals surface area contributed by atoms with Crippen molar-refractivity contribution in [1.82, 2.24) is 15.1 Å². The van der Waals surface area contributed by atoms with Crippen molar-refractivity contribution in [3.63, 3.8) is 0 Å². The van der Waals surface area contributed by atoms with E-state index >= 15 is 0 Å². The summed E-state index contributed by atoms with van der Waals surface area (Å²) in [5.41, 5.74) is 1.11. The van der Waals surface area contributed by atoms with Crippen molar-refractivity contribution in [2.24, 2.45) is 0 Å². The molecule has 0 aliphatic carbocycles. The highest BCUT2D eigenvalue weighted by Gasteiger charge is 2.31. The molecule has 2 heterocycles. The van der Waals surface area contributed by atoms with E-state index in [0.717, 1.165) is 38.0 Å². The number of benzene rings is 1. The lowest BCUT2D eigenvalue weighted by atomic mass is 10.0. The van der Waals surface area contributed by atoms with Crippen LogP contribution in [0.15, 0.2) is 24.3 Å². The van der Waals surface area contributed by atoms with Crippen LogP contribution in [0.1, 0.15) is 18.4 Å². The van der Waals surface area contributed by atoms with Gasteiger partial charge in [0.1, 0.15) is 5.75 Å². The molecule has 1 atom stereocenters. The number of piperazine rings is 1. The molecule has 7 heteroatoms. The Kier molecular flexibility index (Phi) is 7.08. The maximum Gasteiger partial charge on any atom is 0.260 e. The number of amides is 2. The van der Waals surface area contributed by atoms with Gasteiger partial charge in [-0.2, -0.15) is 0 Å². The monoisotopic (exact) mass is 367 g/mol. The van der Waals surface area contributed by atoms with Gasteiger partial charge in [-0.1, -0.05) is 12.1 Å². The summed E-state index contributed by atoms with van der Waals surface area (Å²) in [6, 6.07) is 7.83. The fourth-order valence-corrected chi connectivity index (χ4v) is 3.38. The second-order valence-electron chi connectivity index (χ2n) is 6.50. The van der Waals surface area contributed by atoms with Crippen LogP contribution in [0, 0.1) is 6.92 Å². The van der Waals surface area contributed by atoms with Crippen LogP contribution in [0.3, 0.4) is 0 Å². The number of nitrogens with one attached hydrogen (secondary N) is 1. The van der Waals surface area contributed by atoms with E-state index in [9.17, 15) is 9.59 Å². The smallest absolute Gasteiger partial charge is 0.260 e. The van der Waals surface area contributed by atoms with Gasteiger partial charge in [0.2, 0.25) is 5.91 Å². The van der Waals surface area contributed by atoms with E-state index in [0.29, 0.717) is 18.8 Å². The Balaban J connectivity index is 0.00000225. The Hall–Kier alpha value is -1.79. The quantitative estimate of drug-likeness (QED) is 0.869. The third kappa shape index (κ3) is 5.09. The van der Waals surface area contributed by atoms with Gasteiger partial charge < -0.3 is 19.9 Å². The molecule has 25 heavy (non-hydrogen) atoms. The maximum atomic E-state index is 12.5. The Bertz CT molecular complexity index is 611. The highest BCUT2D eigenvalue weighted by molar-refractivity contribution is 5.85. The molecule has 1 aromatic rings. The van der Waals surface area contributed by atoms with Crippen LogP contribution in [0.5, 0.6) is 5.75 Å². The van der Waals surface area contributed by atoms with Crippen molar-refractivity contribution in [1.29, 1.82) is 0 Å². The van der Waals surface area contributed by atoms with Crippen LogP contribution >= 0.6 is 12.4 Å². The van der Waals surface area contributed by atoms with E-state index in [1.807, 2.05) is 41.0 Å². The zero-order valence-electron chi connectivity index (χ0n) is 14.6. The number of nitrogens with zero attached hydrogens (tertiary/aromatic N) is 2. The highest BCUT2D eigenvalue weighted by Crippen LogP contribution is 2.18. The number of ether oxygens (including phenoxy) is 1. The van der Waals surface area contributed by atoms with E-state index in [2.05, 4.69) is 5.32 Å². The molecule has 3 rings (SSSR count). The number of aryl methyl sites for hydroxylation is 1. The van der Waals surface area contributed by atoms with Gasteiger partial charge in [-0.3, -0.25) is 9.59 Å². The minimum absolute atomic E-state index is 0. The Morgan fingerprint density at radius 1 is 1.36 bits per heavy atom. The van der Waals surface area contributed by atoms with Crippen LogP contribution in [0.25, 0.3) is 0 Å². The van der Waals surface area contributed by atoms with Gasteiger partial charge in [-0.05, 0) is 37.5 Å². The first kappa shape index (κ1) is 19.5. The molecule has 0 spiro atoms. The number of carbonyl (C=O) groups excluding carboxylic acids is 2. The molecule has 138 valence electrons. The Labute approximate surface area is 154 Å². The fraction of sp³-hybridized carbons (Fsp3) is 0.556. The molecular weight excluding hydrogens is 342 g/mol. The van der Waals surface area contributed by atoms with E-state index < -0.39 is 0 Å². The molecule has 1 unspecified atom stereocenters. The van der Waals surface area contributed by atoms with Gasteiger partial charge in [0.05, 0.1) is 6.54 Å². The number of carbonyl (C=O) groups is 2. The second-order valence-corrected chi connectivity index (χ2v) is 6.50. The van der Waals surface area contributed by atoms with Crippen molar-refractivity contribution in [2.75, 3.05) is 39.3 Å². The summed E-state index contributed by atoms with van der Waals surface area (Å²) in [7, 11) is 0. The number of halogens is 1. The van der Waals surface area contributed by atoms with Crippen molar-refractivity contribution in [2.45, 2.75) is 25.8 Å². The summed E-state index contributed by atoms with van der Waals surface area (Å²) in [5.74, 6) is 0.842. The molecule has 0 bridgehead atoms. The summed E-state index contributed by atoms with van der Waals surface area (Å²) in [6.07, 6.45) is 1.90. The van der Waals surface area contributed by atoms with E-state index in [4.69, 9.17) is 4.74 Å². The molecule has 2 aliphatic rings. The van der Waals surface area contributed by atoms with Crippen LogP contribution in [-0.4, -0.2) is 67.0 Å². The van der Waals surface area contributed by atoms with Gasteiger partial charge in [-0.25, -0.2) is 0 Å². The van der Waals surface area contributed by atoms with Crippen molar-refractivity contribution >= 4 is 24.2 Å². The number of hydrogen-bond donors (Lipinski definition) is 1. The number of likely N-dealkylation sites (tertiary alicyclic amines) is 1. The number of rotatable bonds is 4. The molecule has 2 fully saturated rings. The van der Waals surface area contributed by atoms with Crippen LogP contribution in [0.2, 0.25) is 0 Å². The zero-order valence-corrected chi connectivity index (χ0v) is 15.4. The molecule has 0 aromatic heterocycles. The van der Waals surface area contributed by atoms with Gasteiger partial charge >= 0.3 is 0 Å². The largest absolute Gasteiger partial charge is 0.484 e. The number of hydrogen-bond acceptors (Lipinski definition) is 4. The van der Waals surface area contributed by atoms with Crippen molar-refractivity contribution < 1.29 is 14.3 Å². The lowest BCUT2D eigenvalue weighted by Crippen LogP contribution is -2.57. The summed E-state index contributed by atoms with van der Waals surface area (Å²) in [5, 5.41) is 3.09. The first-order valence-electron chi connectivity index (χ1n) is 8.61. The molecule has 0 radical (unpaired) electrons. The molecular formula is C18H26ClN3O3. The molecule has 1 N–H and O–H groups in total. The average Bonchev–Trinajstić information content (AvgIpc) is 2.60. The Morgan fingerprint density at radius 3 is 2.96 bits per heavy atom. The van der Waals surface area contributed by atoms with Gasteiger partial charge in [0.25, 0.3) is 5.91 Å². The average molecular weight is 368 g/mol. The van der Waals surface area contributed by atoms with Gasteiger partial charge in [0.15, 0.2) is 6.61 Å². The summed E-state index contributed by atoms with van der Waals surface area (Å²) < 4.78 is 5.62. The van der Waals surface area contributed by atoms with Crippen LogP contribution in [-0.2, 0) is 9.59 Å². The maximum absolute atomic E-state index is 12.5. The first-order chi connectivity index (χ1) is 11.6. The molecule has 2 amide bonds. The van der Waals surface area contributed by atoms with Gasteiger partial charge in [-0.15, -0.1) is 12.4 Å². The molecule has 0 saturated carbocycles. The topological polar surface area (TPSA) is 61.9 Å². The molecule has 2 aliphatic heterocycles. The minimum Gasteiger partial charge on any atom is -0.484 e. The second kappa shape index (κ2) is 9.06. The van der Waals surface area contributed by atoms with Crippen molar-refractivity contribution in [3.8, 4) is 5.75 Å². The Morgan fingerprint density at radius 2 is 2.20 bits per heavy atom. The predicted molar refractivity (Wildman–Crippen MR) is 98.1 cm³/mol. The molecule has 6 nitrogen and oxygen atoms in total. The summed E-state index contributed by atoms with van der Waals surface area (Å²) >= 11 is 0.